The smallest absolute Gasteiger partial charge is 0.320 e. The van der Waals surface area contributed by atoms with Crippen molar-refractivity contribution < 1.29 is 14.6 Å². The van der Waals surface area contributed by atoms with Crippen LogP contribution in [0.25, 0.3) is 23.3 Å². The number of aryl methyl sites for hydroxylation is 1. The van der Waals surface area contributed by atoms with E-state index >= 15 is 0 Å². The van der Waals surface area contributed by atoms with Gasteiger partial charge < -0.3 is 9.84 Å². The average molecular weight is 512 g/mol. The predicted octanol–water partition coefficient (Wildman–Crippen LogP) is 8.15. The zero-order valence-electron chi connectivity index (χ0n) is 23.1. The van der Waals surface area contributed by atoms with Gasteiger partial charge in [0.05, 0.1) is 6.61 Å². The summed E-state index contributed by atoms with van der Waals surface area (Å²) in [6, 6.07) is 20.9. The van der Waals surface area contributed by atoms with Crippen LogP contribution in [0.2, 0.25) is 0 Å². The van der Waals surface area contributed by atoms with Gasteiger partial charge in [-0.05, 0) is 79.1 Å². The third kappa shape index (κ3) is 6.93. The van der Waals surface area contributed by atoms with Gasteiger partial charge in [0.2, 0.25) is 0 Å². The molecule has 38 heavy (non-hydrogen) atoms. The first-order valence-electron chi connectivity index (χ1n) is 14.0. The third-order valence-corrected chi connectivity index (χ3v) is 7.63. The molecule has 1 aliphatic heterocycles. The first-order valence-corrected chi connectivity index (χ1v) is 14.0. The lowest BCUT2D eigenvalue weighted by Gasteiger charge is -2.33. The molecule has 0 saturated carbocycles. The van der Waals surface area contributed by atoms with Gasteiger partial charge in [-0.15, -0.1) is 0 Å². The fourth-order valence-corrected chi connectivity index (χ4v) is 5.36. The van der Waals surface area contributed by atoms with E-state index in [1.54, 1.807) is 0 Å². The molecule has 4 rings (SSSR count). The molecule has 1 atom stereocenters. The van der Waals surface area contributed by atoms with Crippen LogP contribution < -0.4 is 4.74 Å². The van der Waals surface area contributed by atoms with Crippen molar-refractivity contribution in [1.29, 1.82) is 0 Å². The number of likely N-dealkylation sites (tertiary alicyclic amines) is 1. The van der Waals surface area contributed by atoms with Gasteiger partial charge in [0.1, 0.15) is 11.8 Å². The van der Waals surface area contributed by atoms with Crippen molar-refractivity contribution in [3.63, 3.8) is 0 Å². The molecule has 0 bridgehead atoms. The van der Waals surface area contributed by atoms with Crippen LogP contribution in [-0.2, 0) is 11.3 Å². The third-order valence-electron chi connectivity index (χ3n) is 7.63. The topological polar surface area (TPSA) is 49.8 Å². The van der Waals surface area contributed by atoms with Crippen LogP contribution in [-0.4, -0.2) is 35.2 Å². The zero-order chi connectivity index (χ0) is 26.9. The molecule has 0 aliphatic carbocycles. The number of benzene rings is 3. The number of aliphatic carboxylic acids is 1. The van der Waals surface area contributed by atoms with Crippen molar-refractivity contribution in [3.05, 3.63) is 88.5 Å². The van der Waals surface area contributed by atoms with Gasteiger partial charge >= 0.3 is 5.97 Å². The molecule has 1 N–H and O–H groups in total. The quantitative estimate of drug-likeness (QED) is 0.208. The van der Waals surface area contributed by atoms with E-state index in [9.17, 15) is 9.90 Å². The number of carbonyl (C=O) groups is 1. The molecule has 200 valence electrons. The Morgan fingerprint density at radius 1 is 1.00 bits per heavy atom. The molecular weight excluding hydrogens is 470 g/mol. The number of hydrogen-bond donors (Lipinski definition) is 1. The van der Waals surface area contributed by atoms with Gasteiger partial charge in [0, 0.05) is 12.1 Å². The molecule has 1 aliphatic rings. The number of carboxylic acid groups (broad SMARTS) is 1. The van der Waals surface area contributed by atoms with E-state index in [1.807, 2.05) is 6.07 Å². The Bertz CT molecular complexity index is 1250. The summed E-state index contributed by atoms with van der Waals surface area (Å²) >= 11 is 0. The van der Waals surface area contributed by atoms with Gasteiger partial charge in [-0.2, -0.15) is 0 Å². The number of unbranched alkanes of at least 4 members (excludes halogenated alkanes) is 2. The van der Waals surface area contributed by atoms with Crippen LogP contribution in [0, 0.1) is 13.8 Å². The van der Waals surface area contributed by atoms with Crippen molar-refractivity contribution in [2.75, 3.05) is 13.2 Å². The lowest BCUT2D eigenvalue weighted by Crippen LogP contribution is -2.44. The summed E-state index contributed by atoms with van der Waals surface area (Å²) < 4.78 is 6.32. The van der Waals surface area contributed by atoms with Crippen LogP contribution in [0.3, 0.4) is 0 Å². The second-order valence-corrected chi connectivity index (χ2v) is 10.4. The van der Waals surface area contributed by atoms with E-state index in [-0.39, 0.29) is 0 Å². The number of carboxylic acids is 1. The molecule has 3 aromatic rings. The van der Waals surface area contributed by atoms with Gasteiger partial charge in [0.15, 0.2) is 0 Å². The van der Waals surface area contributed by atoms with Crippen LogP contribution in [0.4, 0.5) is 0 Å². The molecule has 3 aromatic carbocycles. The molecule has 4 heteroatoms. The van der Waals surface area contributed by atoms with Gasteiger partial charge in [-0.25, -0.2) is 0 Å². The Labute approximate surface area is 228 Å². The number of hydrogen-bond acceptors (Lipinski definition) is 3. The van der Waals surface area contributed by atoms with Crippen molar-refractivity contribution in [3.8, 4) is 16.9 Å². The number of rotatable bonds is 11. The Balaban J connectivity index is 1.62. The standard InChI is InChI=1S/C34H41NO3/c1-4-5-11-21-38-33-23-29(25(2)22-30(33)24-35-20-10-9-17-32(35)34(36)37)19-18-27-15-12-16-31(26(27)3)28-13-7-6-8-14-28/h6-8,12-16,18-19,22-23,32H,4-5,9-11,17,20-21,24H2,1-3H3,(H,36,37)/b19-18+/t32-/m0/s1. The summed E-state index contributed by atoms with van der Waals surface area (Å²) in [5, 5.41) is 9.77. The highest BCUT2D eigenvalue weighted by Crippen LogP contribution is 2.31. The van der Waals surface area contributed by atoms with E-state index in [4.69, 9.17) is 4.74 Å². The molecule has 0 radical (unpaired) electrons. The summed E-state index contributed by atoms with van der Waals surface area (Å²) in [6.45, 7) is 8.58. The van der Waals surface area contributed by atoms with Crippen molar-refractivity contribution in [2.45, 2.75) is 71.9 Å². The molecule has 0 amide bonds. The summed E-state index contributed by atoms with van der Waals surface area (Å²) in [6.07, 6.45) is 10.4. The lowest BCUT2D eigenvalue weighted by atomic mass is 9.95. The largest absolute Gasteiger partial charge is 0.493 e. The molecule has 1 fully saturated rings. The monoisotopic (exact) mass is 511 g/mol. The second kappa shape index (κ2) is 13.4. The Morgan fingerprint density at radius 3 is 2.55 bits per heavy atom. The van der Waals surface area contributed by atoms with E-state index in [1.165, 1.54) is 22.3 Å². The minimum Gasteiger partial charge on any atom is -0.493 e. The summed E-state index contributed by atoms with van der Waals surface area (Å²) in [5.41, 5.74) is 8.28. The molecule has 0 unspecified atom stereocenters. The number of nitrogens with zero attached hydrogens (tertiary/aromatic N) is 1. The second-order valence-electron chi connectivity index (χ2n) is 10.4. The van der Waals surface area contributed by atoms with Crippen LogP contribution in [0.5, 0.6) is 5.75 Å². The first-order chi connectivity index (χ1) is 18.5. The Morgan fingerprint density at radius 2 is 1.79 bits per heavy atom. The highest BCUT2D eigenvalue weighted by atomic mass is 16.5. The van der Waals surface area contributed by atoms with Crippen LogP contribution >= 0.6 is 0 Å². The SMILES string of the molecule is CCCCCOc1cc(/C=C/c2cccc(-c3ccccc3)c2C)c(C)cc1CN1CCCC[C@H]1C(=O)O. The maximum absolute atomic E-state index is 11.9. The molecule has 1 heterocycles. The van der Waals surface area contributed by atoms with E-state index in [2.05, 4.69) is 92.4 Å². The van der Waals surface area contributed by atoms with Gasteiger partial charge in [-0.1, -0.05) is 92.9 Å². The highest BCUT2D eigenvalue weighted by molar-refractivity contribution is 5.78. The maximum atomic E-state index is 11.9. The first kappa shape index (κ1) is 27.7. The maximum Gasteiger partial charge on any atom is 0.320 e. The molecule has 0 aromatic heterocycles. The molecule has 4 nitrogen and oxygen atoms in total. The normalized spacial score (nSPS) is 16.1. The predicted molar refractivity (Wildman–Crippen MR) is 157 cm³/mol. The Kier molecular flexibility index (Phi) is 9.78. The fraction of sp³-hybridized carbons (Fsp3) is 0.382. The minimum atomic E-state index is -0.723. The Hall–Kier alpha value is -3.37. The molecule has 1 saturated heterocycles. The van der Waals surface area contributed by atoms with E-state index in [0.29, 0.717) is 19.6 Å². The van der Waals surface area contributed by atoms with Gasteiger partial charge in [-0.3, -0.25) is 9.69 Å². The van der Waals surface area contributed by atoms with Crippen molar-refractivity contribution in [1.82, 2.24) is 4.90 Å². The van der Waals surface area contributed by atoms with Crippen LogP contribution in [0.1, 0.15) is 73.3 Å². The number of piperidine rings is 1. The van der Waals surface area contributed by atoms with Crippen molar-refractivity contribution in [2.24, 2.45) is 0 Å². The molecule has 0 spiro atoms. The van der Waals surface area contributed by atoms with Crippen molar-refractivity contribution >= 4 is 18.1 Å². The van der Waals surface area contributed by atoms with E-state index in [0.717, 1.165) is 61.1 Å². The fourth-order valence-electron chi connectivity index (χ4n) is 5.36. The summed E-state index contributed by atoms with van der Waals surface area (Å²) in [4.78, 5) is 14.0. The lowest BCUT2D eigenvalue weighted by molar-refractivity contribution is -0.144. The van der Waals surface area contributed by atoms with Crippen LogP contribution in [0.15, 0.2) is 60.7 Å². The number of ether oxygens (including phenoxy) is 1. The summed E-state index contributed by atoms with van der Waals surface area (Å²) in [7, 11) is 0. The van der Waals surface area contributed by atoms with Gasteiger partial charge in [0.25, 0.3) is 0 Å². The average Bonchev–Trinajstić information content (AvgIpc) is 2.93. The minimum absolute atomic E-state index is 0.420. The summed E-state index contributed by atoms with van der Waals surface area (Å²) in [5.74, 6) is 0.148. The zero-order valence-corrected chi connectivity index (χ0v) is 23.1. The highest BCUT2D eigenvalue weighted by Gasteiger charge is 2.29. The van der Waals surface area contributed by atoms with E-state index < -0.39 is 12.0 Å². The molecular formula is C34H41NO3.